The minimum Gasteiger partial charge on any atom is -0.493 e. The van der Waals surface area contributed by atoms with E-state index in [0.29, 0.717) is 24.0 Å². The fourth-order valence-corrected chi connectivity index (χ4v) is 6.57. The van der Waals surface area contributed by atoms with Crippen molar-refractivity contribution in [3.05, 3.63) is 75.8 Å². The number of ether oxygens (including phenoxy) is 3. The van der Waals surface area contributed by atoms with Gasteiger partial charge in [0.05, 0.1) is 20.3 Å². The molecule has 2 saturated heterocycles. The number of fused-ring (bicyclic) bond motifs is 1. The number of unbranched alkanes of at least 4 members (excludes halogenated alkanes) is 1. The SMILES string of the molecule is COc1cc(/C=C/C(=O)OCCCCO[N+](=O)[O-])ccc1OC(=O)C1N2C(=O)C(NC(=O)[C@@H](N)c3ccccc3)C2SC1(C)C. The van der Waals surface area contributed by atoms with Crippen LogP contribution >= 0.6 is 11.8 Å². The van der Waals surface area contributed by atoms with Gasteiger partial charge in [-0.25, -0.2) is 9.59 Å². The zero-order chi connectivity index (χ0) is 32.7. The van der Waals surface area contributed by atoms with Crippen molar-refractivity contribution >= 4 is 41.6 Å². The van der Waals surface area contributed by atoms with Crippen molar-refractivity contribution in [1.82, 2.24) is 10.2 Å². The van der Waals surface area contributed by atoms with E-state index in [9.17, 15) is 29.3 Å². The molecule has 0 radical (unpaired) electrons. The Kier molecular flexibility index (Phi) is 10.7. The van der Waals surface area contributed by atoms with Crippen LogP contribution in [0.4, 0.5) is 0 Å². The van der Waals surface area contributed by atoms with Crippen molar-refractivity contribution in [2.75, 3.05) is 20.3 Å². The topological polar surface area (TPSA) is 190 Å². The summed E-state index contributed by atoms with van der Waals surface area (Å²) in [7, 11) is 1.40. The third-order valence-electron chi connectivity index (χ3n) is 7.19. The van der Waals surface area contributed by atoms with Gasteiger partial charge in [0, 0.05) is 10.8 Å². The molecule has 0 spiro atoms. The molecule has 4 rings (SSSR count). The maximum absolute atomic E-state index is 13.4. The molecule has 3 N–H and O–H groups in total. The monoisotopic (exact) mass is 642 g/mol. The second-order valence-corrected chi connectivity index (χ2v) is 12.5. The number of thioether (sulfide) groups is 1. The van der Waals surface area contributed by atoms with Crippen LogP contribution in [0.1, 0.15) is 43.9 Å². The number of carbonyl (C=O) groups excluding carboxylic acids is 4. The molecule has 2 aromatic rings. The summed E-state index contributed by atoms with van der Waals surface area (Å²) >= 11 is 1.39. The number of rotatable bonds is 14. The summed E-state index contributed by atoms with van der Waals surface area (Å²) in [5.74, 6) is -1.82. The van der Waals surface area contributed by atoms with Crippen molar-refractivity contribution in [2.45, 2.75) is 54.9 Å². The Morgan fingerprint density at radius 2 is 1.84 bits per heavy atom. The highest BCUT2D eigenvalue weighted by Crippen LogP contribution is 2.51. The van der Waals surface area contributed by atoms with E-state index in [0.717, 1.165) is 0 Å². The summed E-state index contributed by atoms with van der Waals surface area (Å²) < 4.78 is 15.4. The fraction of sp³-hybridized carbons (Fsp3) is 0.400. The summed E-state index contributed by atoms with van der Waals surface area (Å²) in [6, 6.07) is 10.8. The number of nitrogens with two attached hydrogens (primary N) is 1. The third kappa shape index (κ3) is 7.91. The molecule has 240 valence electrons. The van der Waals surface area contributed by atoms with Crippen LogP contribution in [-0.4, -0.2) is 76.3 Å². The maximum atomic E-state index is 13.4. The van der Waals surface area contributed by atoms with Crippen LogP contribution < -0.4 is 20.5 Å². The second-order valence-electron chi connectivity index (χ2n) is 10.7. The number of hydrogen-bond donors (Lipinski definition) is 2. The first-order valence-corrected chi connectivity index (χ1v) is 14.9. The maximum Gasteiger partial charge on any atom is 0.335 e. The molecule has 0 aliphatic carbocycles. The molecule has 3 unspecified atom stereocenters. The number of carbonyl (C=O) groups is 4. The number of hydrogen-bond acceptors (Lipinski definition) is 12. The molecular formula is C30H34N4O10S. The Morgan fingerprint density at radius 1 is 1.13 bits per heavy atom. The number of β-lactam (4-membered cyclic amide) rings is 1. The van der Waals surface area contributed by atoms with Crippen LogP contribution in [-0.2, 0) is 28.8 Å². The van der Waals surface area contributed by atoms with Crippen LogP contribution in [0.5, 0.6) is 11.5 Å². The largest absolute Gasteiger partial charge is 0.493 e. The lowest BCUT2D eigenvalue weighted by Crippen LogP contribution is -2.71. The lowest BCUT2D eigenvalue weighted by Gasteiger charge is -2.44. The summed E-state index contributed by atoms with van der Waals surface area (Å²) in [5.41, 5.74) is 7.27. The molecule has 2 amide bonds. The van der Waals surface area contributed by atoms with E-state index in [4.69, 9.17) is 19.9 Å². The van der Waals surface area contributed by atoms with Gasteiger partial charge in [-0.1, -0.05) is 36.4 Å². The molecular weight excluding hydrogens is 608 g/mol. The quantitative estimate of drug-likeness (QED) is 0.0583. The zero-order valence-electron chi connectivity index (χ0n) is 24.9. The molecule has 2 fully saturated rings. The Bertz CT molecular complexity index is 1470. The van der Waals surface area contributed by atoms with Gasteiger partial charge in [-0.05, 0) is 56.0 Å². The zero-order valence-corrected chi connectivity index (χ0v) is 25.7. The van der Waals surface area contributed by atoms with E-state index in [1.165, 1.54) is 42.0 Å². The van der Waals surface area contributed by atoms with Gasteiger partial charge in [0.2, 0.25) is 11.8 Å². The van der Waals surface area contributed by atoms with E-state index < -0.39 is 57.1 Å². The van der Waals surface area contributed by atoms with Crippen molar-refractivity contribution in [3.63, 3.8) is 0 Å². The number of benzene rings is 2. The Balaban J connectivity index is 1.34. The number of methoxy groups -OCH3 is 1. The number of nitrogens with zero attached hydrogens (tertiary/aromatic N) is 2. The van der Waals surface area contributed by atoms with Crippen LogP contribution in [0.3, 0.4) is 0 Å². The highest BCUT2D eigenvalue weighted by molar-refractivity contribution is 8.01. The Morgan fingerprint density at radius 3 is 2.53 bits per heavy atom. The van der Waals surface area contributed by atoms with Crippen molar-refractivity contribution in [1.29, 1.82) is 0 Å². The molecule has 14 nitrogen and oxygen atoms in total. The first-order chi connectivity index (χ1) is 21.4. The first kappa shape index (κ1) is 33.3. The van der Waals surface area contributed by atoms with E-state index >= 15 is 0 Å². The predicted molar refractivity (Wildman–Crippen MR) is 162 cm³/mol. The smallest absolute Gasteiger partial charge is 0.335 e. The number of nitrogens with one attached hydrogen (secondary N) is 1. The number of amides is 2. The molecule has 15 heteroatoms. The highest BCUT2D eigenvalue weighted by atomic mass is 32.2. The molecule has 2 heterocycles. The van der Waals surface area contributed by atoms with Gasteiger partial charge in [-0.3, -0.25) is 9.59 Å². The molecule has 2 aromatic carbocycles. The lowest BCUT2D eigenvalue weighted by atomic mass is 9.95. The van der Waals surface area contributed by atoms with Gasteiger partial charge in [-0.2, -0.15) is 0 Å². The second kappa shape index (κ2) is 14.4. The van der Waals surface area contributed by atoms with Gasteiger partial charge in [-0.15, -0.1) is 21.9 Å². The molecule has 2 aliphatic heterocycles. The van der Waals surface area contributed by atoms with E-state index in [2.05, 4.69) is 10.2 Å². The van der Waals surface area contributed by atoms with Gasteiger partial charge in [0.15, 0.2) is 11.5 Å². The summed E-state index contributed by atoms with van der Waals surface area (Å²) in [4.78, 5) is 67.2. The van der Waals surface area contributed by atoms with Crippen LogP contribution in [0.15, 0.2) is 54.6 Å². The average Bonchev–Trinajstić information content (AvgIpc) is 3.28. The van der Waals surface area contributed by atoms with E-state index in [-0.39, 0.29) is 24.7 Å². The summed E-state index contributed by atoms with van der Waals surface area (Å²) in [6.45, 7) is 3.65. The lowest BCUT2D eigenvalue weighted by molar-refractivity contribution is -0.757. The van der Waals surface area contributed by atoms with Gasteiger partial charge < -0.3 is 35.0 Å². The molecule has 45 heavy (non-hydrogen) atoms. The molecule has 0 saturated carbocycles. The Labute approximate surface area is 263 Å². The average molecular weight is 643 g/mol. The highest BCUT2D eigenvalue weighted by Gasteiger charge is 2.64. The first-order valence-electron chi connectivity index (χ1n) is 14.1. The van der Waals surface area contributed by atoms with Gasteiger partial charge >= 0.3 is 11.9 Å². The van der Waals surface area contributed by atoms with E-state index in [1.54, 1.807) is 36.4 Å². The van der Waals surface area contributed by atoms with E-state index in [1.807, 2.05) is 19.9 Å². The fourth-order valence-electron chi connectivity index (χ4n) is 4.95. The molecule has 0 bridgehead atoms. The molecule has 2 aliphatic rings. The van der Waals surface area contributed by atoms with Crippen molar-refractivity contribution < 1.29 is 43.3 Å². The van der Waals surface area contributed by atoms with Gasteiger partial charge in [0.25, 0.3) is 5.09 Å². The normalized spacial score (nSPS) is 20.5. The van der Waals surface area contributed by atoms with Crippen molar-refractivity contribution in [3.8, 4) is 11.5 Å². The molecule has 0 aromatic heterocycles. The van der Waals surface area contributed by atoms with Crippen LogP contribution in [0.25, 0.3) is 6.08 Å². The predicted octanol–water partition coefficient (Wildman–Crippen LogP) is 2.39. The summed E-state index contributed by atoms with van der Waals surface area (Å²) in [6.07, 6.45) is 3.46. The number of esters is 2. The van der Waals surface area contributed by atoms with Crippen molar-refractivity contribution in [2.24, 2.45) is 5.73 Å². The van der Waals surface area contributed by atoms with Crippen LogP contribution in [0.2, 0.25) is 0 Å². The third-order valence-corrected chi connectivity index (χ3v) is 8.76. The summed E-state index contributed by atoms with van der Waals surface area (Å²) in [5, 5.41) is 11.5. The minimum absolute atomic E-state index is 0.0764. The minimum atomic E-state index is -0.945. The van der Waals surface area contributed by atoms with Crippen LogP contribution in [0, 0.1) is 10.1 Å². The Hall–Kier alpha value is -4.63. The standard InChI is InChI=1S/C30H34N4O10S/c1-30(2)25(33-27(37)24(28(33)45-30)32-26(36)23(31)19-9-5-4-6-10-19)29(38)44-20-13-11-18(17-21(20)41-3)12-14-22(35)42-15-7-8-16-43-34(39)40/h4-6,9-14,17,23-25,28H,7-8,15-16,31H2,1-3H3,(H,32,36)/b14-12+/t23-,24?,25?,28?/m0/s1. The van der Waals surface area contributed by atoms with Gasteiger partial charge in [0.1, 0.15) is 23.5 Å². The molecule has 4 atom stereocenters.